The Balaban J connectivity index is 0.000000303. The van der Waals surface area contributed by atoms with Crippen LogP contribution in [0.25, 0.3) is 0 Å². The van der Waals surface area contributed by atoms with Crippen LogP contribution < -0.4 is 22.1 Å². The molecule has 14 atom stereocenters. The normalized spacial score (nSPS) is 23.4. The topological polar surface area (TPSA) is 267 Å². The predicted octanol–water partition coefficient (Wildman–Crippen LogP) is 14.4. The fraction of sp³-hybridized carbons (Fsp3) is 0.586. The van der Waals surface area contributed by atoms with Crippen LogP contribution in [0.1, 0.15) is 130 Å². The molecule has 0 amide bonds. The number of benzene rings is 4. The maximum Gasteiger partial charge on any atom is 0.275 e. The van der Waals surface area contributed by atoms with Crippen LogP contribution in [0.4, 0.5) is 22.7 Å². The van der Waals surface area contributed by atoms with Gasteiger partial charge >= 0.3 is 0 Å². The van der Waals surface area contributed by atoms with E-state index in [0.29, 0.717) is 75.8 Å². The van der Waals surface area contributed by atoms with Gasteiger partial charge in [-0.3, -0.25) is 51.1 Å². The molecular formula is C58H88N8O10S8. The standard InChI is InChI=1S/C20H32N2O3S2.C19H30N2O3S2.C10H14N2O2S2.C9H12N2O2S2/c1-6-19-14(4)13(3)15(5)20(25-19)21-17(12-27(26)7-2)16-10-8-9-11-18(16)22(23)24;1-6-17-13(4)12(3)14(5)19(24-17)20-11-15-16(21(22)23)9-8-10-18(15)26(25)7-2;1-2-15-16-7-9(11)8-5-3-4-6-10(8)12(13)14;1-2-14-15-9-5-3-4-8(11(12)13)7(9)6-10/h8-11,13-15,17,19-21H,6-7,12H2,1-5H3;8-10,12-14,17,19-20H,6-7,11H2,1-5H3;3-6,9H,2,7,11H2,1H3;3-5H,2,6,10H2,1H3/t13-,14-,15?,17?,19?,20+,27?;12-,13-,14?,17?,19+,26?;;/m00../s1. The number of para-hydroxylation sites is 2. The van der Waals surface area contributed by atoms with Gasteiger partial charge in [-0.15, -0.1) is 9.45 Å². The lowest BCUT2D eigenvalue weighted by molar-refractivity contribution is -0.386. The van der Waals surface area contributed by atoms with E-state index in [1.165, 1.54) is 22.9 Å². The second-order valence-corrected chi connectivity index (χ2v) is 32.0. The Kier molecular flexibility index (Phi) is 34.8. The van der Waals surface area contributed by atoms with Crippen molar-refractivity contribution >= 4 is 107 Å². The average Bonchev–Trinajstić information content (AvgIpc) is 3.69. The molecule has 2 aliphatic heterocycles. The summed E-state index contributed by atoms with van der Waals surface area (Å²) in [6.07, 6.45) is 2.12. The highest BCUT2D eigenvalue weighted by Gasteiger charge is 2.41. The van der Waals surface area contributed by atoms with Gasteiger partial charge < -0.3 is 20.9 Å². The Morgan fingerprint density at radius 3 is 1.56 bits per heavy atom. The van der Waals surface area contributed by atoms with Crippen molar-refractivity contribution in [3.63, 3.8) is 0 Å². The van der Waals surface area contributed by atoms with E-state index in [9.17, 15) is 40.5 Å². The number of nitrogens with one attached hydrogen (secondary N) is 2. The van der Waals surface area contributed by atoms with Gasteiger partial charge in [-0.2, -0.15) is 0 Å². The van der Waals surface area contributed by atoms with Crippen LogP contribution in [-0.4, -0.2) is 78.9 Å². The van der Waals surface area contributed by atoms with Gasteiger partial charge in [-0.1, -0.05) is 195 Å². The summed E-state index contributed by atoms with van der Waals surface area (Å²) in [5, 5.41) is 51.7. The third-order valence-corrected chi connectivity index (χ3v) is 25.6. The molecule has 2 heterocycles. The van der Waals surface area contributed by atoms with Crippen LogP contribution in [-0.2, 0) is 63.8 Å². The fourth-order valence-electron chi connectivity index (χ4n) is 9.96. The maximum absolute atomic E-state index is 11.6. The van der Waals surface area contributed by atoms with Gasteiger partial charge in [0.25, 0.3) is 22.7 Å². The average molecular weight is 1310 g/mol. The van der Waals surface area contributed by atoms with Crippen molar-refractivity contribution in [2.45, 2.75) is 156 Å². The van der Waals surface area contributed by atoms with E-state index in [4.69, 9.17) is 43.3 Å². The van der Waals surface area contributed by atoms with E-state index < -0.39 is 9.45 Å². The smallest absolute Gasteiger partial charge is 0.275 e. The number of hydrogen-bond donors (Lipinski definition) is 4. The quantitative estimate of drug-likeness (QED) is 0.0197. The first-order valence-corrected chi connectivity index (χ1v) is 38.1. The van der Waals surface area contributed by atoms with Gasteiger partial charge in [0.15, 0.2) is 0 Å². The van der Waals surface area contributed by atoms with Crippen LogP contribution in [0, 0.1) is 76.0 Å². The summed E-state index contributed by atoms with van der Waals surface area (Å²) in [7, 11) is 5.90. The minimum absolute atomic E-state index is 0.104. The lowest BCUT2D eigenvalue weighted by Crippen LogP contribution is -2.52. The van der Waals surface area contributed by atoms with E-state index in [2.05, 4.69) is 79.9 Å². The van der Waals surface area contributed by atoms with Crippen molar-refractivity contribution in [2.24, 2.45) is 47.0 Å². The van der Waals surface area contributed by atoms with Gasteiger partial charge in [0.05, 0.1) is 49.1 Å². The lowest BCUT2D eigenvalue weighted by atomic mass is 9.77. The zero-order chi connectivity index (χ0) is 62.8. The highest BCUT2D eigenvalue weighted by molar-refractivity contribution is 8.77. The summed E-state index contributed by atoms with van der Waals surface area (Å²) in [6, 6.07) is 23.4. The molecular weight excluding hydrogens is 1230 g/mol. The molecule has 4 aromatic carbocycles. The molecule has 26 heteroatoms. The molecule has 0 aliphatic carbocycles. The number of nitrogens with zero attached hydrogens (tertiary/aromatic N) is 4. The first kappa shape index (κ1) is 75.0. The van der Waals surface area contributed by atoms with Crippen LogP contribution in [0.2, 0.25) is 0 Å². The Morgan fingerprint density at radius 1 is 0.583 bits per heavy atom. The summed E-state index contributed by atoms with van der Waals surface area (Å²) in [4.78, 5) is 45.0. The van der Waals surface area contributed by atoms with Crippen LogP contribution in [0.5, 0.6) is 0 Å². The van der Waals surface area contributed by atoms with Gasteiger partial charge in [0.1, 0.15) is 12.5 Å². The maximum atomic E-state index is 11.6. The molecule has 2 saturated heterocycles. The Labute approximate surface area is 527 Å². The second kappa shape index (κ2) is 38.9. The summed E-state index contributed by atoms with van der Waals surface area (Å²) in [6.45, 7) is 26.5. The Morgan fingerprint density at radius 2 is 1.06 bits per heavy atom. The zero-order valence-corrected chi connectivity index (χ0v) is 56.9. The molecule has 84 heavy (non-hydrogen) atoms. The van der Waals surface area contributed by atoms with Crippen LogP contribution in [0.3, 0.4) is 0 Å². The third-order valence-electron chi connectivity index (χ3n) is 15.5. The predicted molar refractivity (Wildman–Crippen MR) is 361 cm³/mol. The number of ether oxygens (including phenoxy) is 2. The molecule has 2 aliphatic rings. The van der Waals surface area contributed by atoms with Crippen molar-refractivity contribution in [3.8, 4) is 0 Å². The molecule has 0 saturated carbocycles. The van der Waals surface area contributed by atoms with Crippen molar-refractivity contribution in [2.75, 3.05) is 34.5 Å². The molecule has 468 valence electrons. The van der Waals surface area contributed by atoms with E-state index >= 15 is 0 Å². The van der Waals surface area contributed by atoms with Crippen molar-refractivity contribution in [1.82, 2.24) is 10.6 Å². The van der Waals surface area contributed by atoms with E-state index in [-0.39, 0.29) is 95.2 Å². The number of nitro groups is 4. The molecule has 6 N–H and O–H groups in total. The zero-order valence-electron chi connectivity index (χ0n) is 50.4. The van der Waals surface area contributed by atoms with E-state index in [1.54, 1.807) is 80.9 Å². The fourth-order valence-corrected chi connectivity index (χ4v) is 16.4. The summed E-state index contributed by atoms with van der Waals surface area (Å²) < 4.78 is 12.7. The summed E-state index contributed by atoms with van der Waals surface area (Å²) >= 11 is 11.1. The highest BCUT2D eigenvalue weighted by Crippen LogP contribution is 2.40. The molecule has 0 spiro atoms. The number of rotatable bonds is 26. The third kappa shape index (κ3) is 22.1. The molecule has 4 aromatic rings. The lowest BCUT2D eigenvalue weighted by Gasteiger charge is -2.45. The van der Waals surface area contributed by atoms with Gasteiger partial charge in [-0.25, -0.2) is 0 Å². The first-order chi connectivity index (χ1) is 40.0. The SMILES string of the molecule is CCC1O[C@@H](NC(CS(=S)CC)c2ccccc2[N+](=O)[O-])C(C)[C@@H](C)[C@@H]1C.CCC1O[C@@H](NCc2c([N+](=O)[O-])cccc2S(=S)CC)C(C)[C@@H](C)[C@@H]1C.CCSSCC(N)c1ccccc1[N+](=O)[O-].CCSSc1cccc([N+](=O)[O-])c1CN. The van der Waals surface area contributed by atoms with Gasteiger partial charge in [0.2, 0.25) is 0 Å². The van der Waals surface area contributed by atoms with Crippen LogP contribution >= 0.6 is 43.2 Å². The molecule has 6 rings (SSSR count). The summed E-state index contributed by atoms with van der Waals surface area (Å²) in [5.41, 5.74) is 14.6. The molecule has 2 fully saturated rings. The molecule has 8 unspecified atom stereocenters. The second-order valence-electron chi connectivity index (χ2n) is 20.4. The Hall–Kier alpha value is -3.22. The number of nitrogens with two attached hydrogens (primary N) is 2. The van der Waals surface area contributed by atoms with Gasteiger partial charge in [0, 0.05) is 87.3 Å². The van der Waals surface area contributed by atoms with E-state index in [0.717, 1.165) is 45.6 Å². The highest BCUT2D eigenvalue weighted by atomic mass is 33.1. The van der Waals surface area contributed by atoms with Crippen molar-refractivity contribution in [1.29, 1.82) is 0 Å². The van der Waals surface area contributed by atoms with Gasteiger partial charge in [-0.05, 0) is 83.2 Å². The monoisotopic (exact) mass is 1310 g/mol. The Bertz CT molecular complexity index is 2770. The summed E-state index contributed by atoms with van der Waals surface area (Å²) in [5.74, 6) is 7.74. The molecule has 0 aromatic heterocycles. The minimum Gasteiger partial charge on any atom is -0.360 e. The minimum atomic E-state index is -0.417. The largest absolute Gasteiger partial charge is 0.360 e. The van der Waals surface area contributed by atoms with Crippen molar-refractivity contribution in [3.05, 3.63) is 148 Å². The van der Waals surface area contributed by atoms with Crippen molar-refractivity contribution < 1.29 is 29.2 Å². The first-order valence-electron chi connectivity index (χ1n) is 28.5. The molecule has 0 bridgehead atoms. The number of nitro benzene ring substituents is 4. The molecule has 0 radical (unpaired) electrons. The van der Waals surface area contributed by atoms with E-state index in [1.807, 2.05) is 38.1 Å². The molecule has 18 nitrogen and oxygen atoms in total. The number of hydrogen-bond acceptors (Lipinski definition) is 20. The van der Waals surface area contributed by atoms with Crippen LogP contribution in [0.15, 0.2) is 94.7 Å².